The van der Waals surface area contributed by atoms with Gasteiger partial charge in [-0.25, -0.2) is 0 Å². The van der Waals surface area contributed by atoms with Crippen LogP contribution in [0.3, 0.4) is 0 Å². The summed E-state index contributed by atoms with van der Waals surface area (Å²) in [6, 6.07) is 0. The summed E-state index contributed by atoms with van der Waals surface area (Å²) in [6.45, 7) is 9.06. The molecule has 0 aromatic carbocycles. The van der Waals surface area contributed by atoms with Crippen LogP contribution in [0.15, 0.2) is 0 Å². The SMILES string of the molecule is CC(C)C(C)(C(=O)O)C1(O)COC(C)(C)C1. The van der Waals surface area contributed by atoms with Crippen molar-refractivity contribution in [3.63, 3.8) is 0 Å². The molecule has 94 valence electrons. The number of carboxylic acids is 1. The summed E-state index contributed by atoms with van der Waals surface area (Å²) in [4.78, 5) is 11.5. The number of hydrogen-bond acceptors (Lipinski definition) is 3. The maximum absolute atomic E-state index is 11.5. The average molecular weight is 230 g/mol. The van der Waals surface area contributed by atoms with E-state index >= 15 is 0 Å². The maximum atomic E-state index is 11.5. The highest BCUT2D eigenvalue weighted by molar-refractivity contribution is 5.76. The predicted molar refractivity (Wildman–Crippen MR) is 60.2 cm³/mol. The van der Waals surface area contributed by atoms with E-state index in [0.717, 1.165) is 0 Å². The molecule has 0 spiro atoms. The Morgan fingerprint density at radius 3 is 2.19 bits per heavy atom. The van der Waals surface area contributed by atoms with E-state index in [1.807, 2.05) is 27.7 Å². The lowest BCUT2D eigenvalue weighted by molar-refractivity contribution is -0.174. The topological polar surface area (TPSA) is 66.8 Å². The minimum atomic E-state index is -1.30. The Hall–Kier alpha value is -0.610. The molecule has 1 rings (SSSR count). The Bertz CT molecular complexity index is 297. The minimum Gasteiger partial charge on any atom is -0.481 e. The Labute approximate surface area is 96.6 Å². The second kappa shape index (κ2) is 3.70. The van der Waals surface area contributed by atoms with Crippen molar-refractivity contribution < 1.29 is 19.7 Å². The molecule has 4 nitrogen and oxygen atoms in total. The molecule has 2 atom stereocenters. The third-order valence-electron chi connectivity index (χ3n) is 3.99. The molecule has 1 heterocycles. The van der Waals surface area contributed by atoms with Gasteiger partial charge in [0.1, 0.15) is 5.60 Å². The fraction of sp³-hybridized carbons (Fsp3) is 0.917. The Morgan fingerprint density at radius 2 is 1.94 bits per heavy atom. The van der Waals surface area contributed by atoms with Crippen LogP contribution in [0.25, 0.3) is 0 Å². The van der Waals surface area contributed by atoms with E-state index in [0.29, 0.717) is 6.42 Å². The van der Waals surface area contributed by atoms with Crippen LogP contribution in [0, 0.1) is 11.3 Å². The molecule has 0 aromatic rings. The summed E-state index contributed by atoms with van der Waals surface area (Å²) in [6.07, 6.45) is 0.348. The van der Waals surface area contributed by atoms with E-state index in [9.17, 15) is 15.0 Å². The van der Waals surface area contributed by atoms with Gasteiger partial charge in [0.15, 0.2) is 0 Å². The van der Waals surface area contributed by atoms with Gasteiger partial charge in [-0.15, -0.1) is 0 Å². The zero-order valence-electron chi connectivity index (χ0n) is 10.7. The van der Waals surface area contributed by atoms with Gasteiger partial charge in [0, 0.05) is 6.42 Å². The molecule has 2 N–H and O–H groups in total. The van der Waals surface area contributed by atoms with E-state index in [4.69, 9.17) is 4.74 Å². The van der Waals surface area contributed by atoms with Gasteiger partial charge >= 0.3 is 5.97 Å². The molecule has 0 aromatic heterocycles. The van der Waals surface area contributed by atoms with Crippen LogP contribution in [0.5, 0.6) is 0 Å². The molecule has 2 unspecified atom stereocenters. The molecule has 0 aliphatic carbocycles. The molecule has 0 amide bonds. The fourth-order valence-electron chi connectivity index (χ4n) is 2.44. The molecule has 0 bridgehead atoms. The van der Waals surface area contributed by atoms with E-state index in [1.165, 1.54) is 0 Å². The molecule has 1 fully saturated rings. The fourth-order valence-corrected chi connectivity index (χ4v) is 2.44. The first-order chi connectivity index (χ1) is 7.05. The van der Waals surface area contributed by atoms with Gasteiger partial charge in [-0.1, -0.05) is 13.8 Å². The van der Waals surface area contributed by atoms with Crippen molar-refractivity contribution >= 4 is 5.97 Å². The summed E-state index contributed by atoms with van der Waals surface area (Å²) >= 11 is 0. The summed E-state index contributed by atoms with van der Waals surface area (Å²) in [5.41, 5.74) is -2.93. The normalized spacial score (nSPS) is 32.7. The number of carboxylic acid groups (broad SMARTS) is 1. The molecular weight excluding hydrogens is 208 g/mol. The predicted octanol–water partition coefficient (Wildman–Crippen LogP) is 1.66. The quantitative estimate of drug-likeness (QED) is 0.774. The lowest BCUT2D eigenvalue weighted by Gasteiger charge is -2.41. The van der Waals surface area contributed by atoms with E-state index in [-0.39, 0.29) is 12.5 Å². The average Bonchev–Trinajstić information content (AvgIpc) is 2.39. The maximum Gasteiger partial charge on any atom is 0.312 e. The van der Waals surface area contributed by atoms with E-state index in [2.05, 4.69) is 0 Å². The minimum absolute atomic E-state index is 0.0843. The number of ether oxygens (including phenoxy) is 1. The zero-order valence-corrected chi connectivity index (χ0v) is 10.7. The van der Waals surface area contributed by atoms with Crippen LogP contribution in [-0.2, 0) is 9.53 Å². The van der Waals surface area contributed by atoms with Gasteiger partial charge in [0.25, 0.3) is 0 Å². The number of rotatable bonds is 3. The summed E-state index contributed by atoms with van der Waals surface area (Å²) in [5, 5.41) is 20.0. The number of aliphatic hydroxyl groups is 1. The van der Waals surface area contributed by atoms with Crippen LogP contribution in [0.2, 0.25) is 0 Å². The second-order valence-corrected chi connectivity index (χ2v) is 5.92. The number of aliphatic carboxylic acids is 1. The van der Waals surface area contributed by atoms with Crippen molar-refractivity contribution in [1.29, 1.82) is 0 Å². The molecule has 1 saturated heterocycles. The van der Waals surface area contributed by atoms with Gasteiger partial charge in [0.05, 0.1) is 17.6 Å². The first kappa shape index (κ1) is 13.5. The molecular formula is C12H22O4. The second-order valence-electron chi connectivity index (χ2n) is 5.92. The third-order valence-corrected chi connectivity index (χ3v) is 3.99. The van der Waals surface area contributed by atoms with Crippen molar-refractivity contribution in [3.05, 3.63) is 0 Å². The van der Waals surface area contributed by atoms with E-state index < -0.39 is 22.6 Å². The van der Waals surface area contributed by atoms with Gasteiger partial charge in [-0.05, 0) is 26.7 Å². The standard InChI is InChI=1S/C12H22O4/c1-8(2)11(5,9(13)14)12(15)6-10(3,4)16-7-12/h8,15H,6-7H2,1-5H3,(H,13,14). The molecule has 0 radical (unpaired) electrons. The van der Waals surface area contributed by atoms with Crippen molar-refractivity contribution in [1.82, 2.24) is 0 Å². The molecule has 0 saturated carbocycles. The number of hydrogen-bond donors (Lipinski definition) is 2. The van der Waals surface area contributed by atoms with Gasteiger partial charge < -0.3 is 14.9 Å². The summed E-state index contributed by atoms with van der Waals surface area (Å²) in [5.74, 6) is -1.13. The summed E-state index contributed by atoms with van der Waals surface area (Å²) in [7, 11) is 0. The highest BCUT2D eigenvalue weighted by Crippen LogP contribution is 2.48. The van der Waals surface area contributed by atoms with Crippen molar-refractivity contribution in [2.24, 2.45) is 11.3 Å². The highest BCUT2D eigenvalue weighted by Gasteiger charge is 2.59. The van der Waals surface area contributed by atoms with Crippen molar-refractivity contribution in [2.45, 2.75) is 52.2 Å². The Kier molecular flexibility index (Phi) is 3.12. The largest absolute Gasteiger partial charge is 0.481 e. The third kappa shape index (κ3) is 1.84. The van der Waals surface area contributed by atoms with Crippen LogP contribution in [0.1, 0.15) is 41.0 Å². The van der Waals surface area contributed by atoms with Crippen LogP contribution in [0.4, 0.5) is 0 Å². The monoisotopic (exact) mass is 230 g/mol. The van der Waals surface area contributed by atoms with Crippen molar-refractivity contribution in [3.8, 4) is 0 Å². The molecule has 16 heavy (non-hydrogen) atoms. The van der Waals surface area contributed by atoms with Gasteiger partial charge in [-0.2, -0.15) is 0 Å². The highest BCUT2D eigenvalue weighted by atomic mass is 16.5. The molecule has 1 aliphatic rings. The zero-order chi connectivity index (χ0) is 12.8. The van der Waals surface area contributed by atoms with Crippen molar-refractivity contribution in [2.75, 3.05) is 6.61 Å². The van der Waals surface area contributed by atoms with Crippen LogP contribution < -0.4 is 0 Å². The number of carbonyl (C=O) groups is 1. The lowest BCUT2D eigenvalue weighted by Crippen LogP contribution is -2.55. The van der Waals surface area contributed by atoms with Crippen LogP contribution in [-0.4, -0.2) is 34.0 Å². The first-order valence-electron chi connectivity index (χ1n) is 5.65. The lowest BCUT2D eigenvalue weighted by atomic mass is 9.64. The van der Waals surface area contributed by atoms with Gasteiger partial charge in [0.2, 0.25) is 0 Å². The molecule has 1 aliphatic heterocycles. The van der Waals surface area contributed by atoms with Gasteiger partial charge in [-0.3, -0.25) is 4.79 Å². The Balaban J connectivity index is 3.10. The molecule has 4 heteroatoms. The van der Waals surface area contributed by atoms with E-state index in [1.54, 1.807) is 6.92 Å². The smallest absolute Gasteiger partial charge is 0.312 e. The van der Waals surface area contributed by atoms with Crippen LogP contribution >= 0.6 is 0 Å². The Morgan fingerprint density at radius 1 is 1.44 bits per heavy atom. The first-order valence-corrected chi connectivity index (χ1v) is 5.65. The summed E-state index contributed by atoms with van der Waals surface area (Å²) < 4.78 is 5.49.